The molecule has 160 valence electrons. The Kier molecular flexibility index (Phi) is 6.59. The molecule has 3 rings (SSSR count). The standard InChI is InChI=1S/C23H27FN2O4/c1-5-25(2)22(27)19-14-26(23(28)16-8-6-7-9-20(16)24)13-18(19)17-12-15(29-3)10-11-21(17)30-4/h6-12,18-19H,5,13-14H2,1-4H3/t18-,19+/m0/s1. The van der Waals surface area contributed by atoms with Gasteiger partial charge in [-0.3, -0.25) is 9.59 Å². The largest absolute Gasteiger partial charge is 0.497 e. The molecule has 1 saturated heterocycles. The average Bonchev–Trinajstić information content (AvgIpc) is 3.22. The van der Waals surface area contributed by atoms with Crippen LogP contribution in [0.15, 0.2) is 42.5 Å². The fraction of sp³-hybridized carbons (Fsp3) is 0.391. The predicted molar refractivity (Wildman–Crippen MR) is 111 cm³/mol. The molecule has 0 aliphatic carbocycles. The van der Waals surface area contributed by atoms with E-state index in [1.165, 1.54) is 12.1 Å². The van der Waals surface area contributed by atoms with Crippen LogP contribution in [0.25, 0.3) is 0 Å². The topological polar surface area (TPSA) is 59.1 Å². The molecule has 2 aromatic carbocycles. The summed E-state index contributed by atoms with van der Waals surface area (Å²) in [6, 6.07) is 11.3. The van der Waals surface area contributed by atoms with Gasteiger partial charge in [-0.25, -0.2) is 4.39 Å². The summed E-state index contributed by atoms with van der Waals surface area (Å²) in [5.74, 6) is -0.555. The Morgan fingerprint density at radius 1 is 1.13 bits per heavy atom. The van der Waals surface area contributed by atoms with Crippen LogP contribution in [-0.4, -0.2) is 62.5 Å². The van der Waals surface area contributed by atoms with Crippen molar-refractivity contribution in [2.75, 3.05) is 40.9 Å². The van der Waals surface area contributed by atoms with Gasteiger partial charge in [-0.2, -0.15) is 0 Å². The zero-order chi connectivity index (χ0) is 21.8. The highest BCUT2D eigenvalue weighted by molar-refractivity contribution is 5.95. The van der Waals surface area contributed by atoms with E-state index in [0.717, 1.165) is 5.56 Å². The Morgan fingerprint density at radius 3 is 2.50 bits per heavy atom. The van der Waals surface area contributed by atoms with E-state index in [0.29, 0.717) is 18.0 Å². The smallest absolute Gasteiger partial charge is 0.256 e. The van der Waals surface area contributed by atoms with Crippen molar-refractivity contribution >= 4 is 11.8 Å². The van der Waals surface area contributed by atoms with Gasteiger partial charge >= 0.3 is 0 Å². The molecule has 1 heterocycles. The van der Waals surface area contributed by atoms with E-state index in [-0.39, 0.29) is 30.5 Å². The van der Waals surface area contributed by atoms with Crippen molar-refractivity contribution in [3.63, 3.8) is 0 Å². The van der Waals surface area contributed by atoms with Gasteiger partial charge in [-0.05, 0) is 37.3 Å². The van der Waals surface area contributed by atoms with Crippen molar-refractivity contribution in [2.24, 2.45) is 5.92 Å². The van der Waals surface area contributed by atoms with Gasteiger partial charge in [0.25, 0.3) is 5.91 Å². The second-order valence-electron chi connectivity index (χ2n) is 7.36. The number of nitrogens with zero attached hydrogens (tertiary/aromatic N) is 2. The molecule has 0 unspecified atom stereocenters. The van der Waals surface area contributed by atoms with Gasteiger partial charge in [0.05, 0.1) is 25.7 Å². The van der Waals surface area contributed by atoms with Crippen LogP contribution >= 0.6 is 0 Å². The Balaban J connectivity index is 2.00. The highest BCUT2D eigenvalue weighted by Crippen LogP contribution is 2.40. The van der Waals surface area contributed by atoms with Gasteiger partial charge in [0, 0.05) is 38.2 Å². The molecule has 1 aliphatic rings. The summed E-state index contributed by atoms with van der Waals surface area (Å²) in [5.41, 5.74) is 0.800. The quantitative estimate of drug-likeness (QED) is 0.729. The molecule has 7 heteroatoms. The summed E-state index contributed by atoms with van der Waals surface area (Å²) in [6.07, 6.45) is 0. The number of carbonyl (C=O) groups is 2. The second kappa shape index (κ2) is 9.15. The lowest BCUT2D eigenvalue weighted by Crippen LogP contribution is -2.37. The number of hydrogen-bond donors (Lipinski definition) is 0. The van der Waals surface area contributed by atoms with Crippen molar-refractivity contribution in [2.45, 2.75) is 12.8 Å². The van der Waals surface area contributed by atoms with E-state index < -0.39 is 17.6 Å². The predicted octanol–water partition coefficient (Wildman–Crippen LogP) is 3.18. The van der Waals surface area contributed by atoms with Crippen molar-refractivity contribution in [1.82, 2.24) is 9.80 Å². The number of carbonyl (C=O) groups excluding carboxylic acids is 2. The number of benzene rings is 2. The first-order valence-electron chi connectivity index (χ1n) is 9.91. The first-order valence-corrected chi connectivity index (χ1v) is 9.91. The fourth-order valence-electron chi connectivity index (χ4n) is 3.91. The molecule has 1 fully saturated rings. The fourth-order valence-corrected chi connectivity index (χ4v) is 3.91. The Morgan fingerprint density at radius 2 is 1.87 bits per heavy atom. The molecule has 0 N–H and O–H groups in total. The summed E-state index contributed by atoms with van der Waals surface area (Å²) in [6.45, 7) is 2.95. The monoisotopic (exact) mass is 414 g/mol. The van der Waals surface area contributed by atoms with Crippen LogP contribution in [0.3, 0.4) is 0 Å². The number of amides is 2. The van der Waals surface area contributed by atoms with E-state index in [2.05, 4.69) is 0 Å². The number of methoxy groups -OCH3 is 2. The first-order chi connectivity index (χ1) is 14.4. The summed E-state index contributed by atoms with van der Waals surface area (Å²) in [5, 5.41) is 0. The van der Waals surface area contributed by atoms with Crippen molar-refractivity contribution in [3.05, 3.63) is 59.4 Å². The number of ether oxygens (including phenoxy) is 2. The minimum atomic E-state index is -0.571. The molecular weight excluding hydrogens is 387 g/mol. The van der Waals surface area contributed by atoms with Gasteiger partial charge in [-0.15, -0.1) is 0 Å². The molecular formula is C23H27FN2O4. The summed E-state index contributed by atoms with van der Waals surface area (Å²) in [4.78, 5) is 29.4. The summed E-state index contributed by atoms with van der Waals surface area (Å²) < 4.78 is 25.1. The molecule has 0 saturated carbocycles. The molecule has 1 aliphatic heterocycles. The van der Waals surface area contributed by atoms with E-state index >= 15 is 0 Å². The first kappa shape index (κ1) is 21.6. The Hall–Kier alpha value is -3.09. The maximum absolute atomic E-state index is 14.2. The van der Waals surface area contributed by atoms with E-state index in [1.54, 1.807) is 55.3 Å². The maximum atomic E-state index is 14.2. The van der Waals surface area contributed by atoms with Crippen molar-refractivity contribution in [3.8, 4) is 11.5 Å². The Labute approximate surface area is 176 Å². The van der Waals surface area contributed by atoms with Gasteiger partial charge < -0.3 is 19.3 Å². The van der Waals surface area contributed by atoms with Crippen LogP contribution in [0.4, 0.5) is 4.39 Å². The molecule has 2 atom stereocenters. The Bertz CT molecular complexity index is 933. The number of rotatable bonds is 6. The third-order valence-electron chi connectivity index (χ3n) is 5.72. The second-order valence-corrected chi connectivity index (χ2v) is 7.36. The highest BCUT2D eigenvalue weighted by atomic mass is 19.1. The number of likely N-dealkylation sites (tertiary alicyclic amines) is 1. The van der Waals surface area contributed by atoms with Crippen LogP contribution in [-0.2, 0) is 4.79 Å². The minimum absolute atomic E-state index is 0.00537. The van der Waals surface area contributed by atoms with Crippen LogP contribution in [0, 0.1) is 11.7 Å². The molecule has 0 radical (unpaired) electrons. The number of hydrogen-bond acceptors (Lipinski definition) is 4. The van der Waals surface area contributed by atoms with Crippen LogP contribution < -0.4 is 9.47 Å². The molecule has 2 amide bonds. The van der Waals surface area contributed by atoms with Crippen molar-refractivity contribution < 1.29 is 23.5 Å². The molecule has 0 spiro atoms. The molecule has 0 aromatic heterocycles. The number of halogens is 1. The lowest BCUT2D eigenvalue weighted by Gasteiger charge is -2.24. The van der Waals surface area contributed by atoms with Gasteiger partial charge in [0.1, 0.15) is 17.3 Å². The van der Waals surface area contributed by atoms with Crippen LogP contribution in [0.2, 0.25) is 0 Å². The molecule has 2 aromatic rings. The van der Waals surface area contributed by atoms with Crippen LogP contribution in [0.1, 0.15) is 28.8 Å². The van der Waals surface area contributed by atoms with E-state index in [1.807, 2.05) is 13.0 Å². The van der Waals surface area contributed by atoms with Crippen LogP contribution in [0.5, 0.6) is 11.5 Å². The summed E-state index contributed by atoms with van der Waals surface area (Å²) in [7, 11) is 4.88. The average molecular weight is 414 g/mol. The van der Waals surface area contributed by atoms with E-state index in [4.69, 9.17) is 9.47 Å². The van der Waals surface area contributed by atoms with Gasteiger partial charge in [0.15, 0.2) is 0 Å². The highest BCUT2D eigenvalue weighted by Gasteiger charge is 2.43. The SMILES string of the molecule is CCN(C)C(=O)[C@@H]1CN(C(=O)c2ccccc2F)C[C@H]1c1cc(OC)ccc1OC. The lowest BCUT2D eigenvalue weighted by molar-refractivity contribution is -0.133. The minimum Gasteiger partial charge on any atom is -0.497 e. The van der Waals surface area contributed by atoms with Crippen molar-refractivity contribution in [1.29, 1.82) is 0 Å². The molecule has 0 bridgehead atoms. The lowest BCUT2D eigenvalue weighted by atomic mass is 9.87. The van der Waals surface area contributed by atoms with Gasteiger partial charge in [-0.1, -0.05) is 12.1 Å². The van der Waals surface area contributed by atoms with Gasteiger partial charge in [0.2, 0.25) is 5.91 Å². The molecule has 30 heavy (non-hydrogen) atoms. The zero-order valence-electron chi connectivity index (χ0n) is 17.7. The maximum Gasteiger partial charge on any atom is 0.256 e. The molecule has 6 nitrogen and oxygen atoms in total. The third kappa shape index (κ3) is 4.10. The third-order valence-corrected chi connectivity index (χ3v) is 5.72. The summed E-state index contributed by atoms with van der Waals surface area (Å²) >= 11 is 0. The van der Waals surface area contributed by atoms with E-state index in [9.17, 15) is 14.0 Å². The normalized spacial score (nSPS) is 18.2. The zero-order valence-corrected chi connectivity index (χ0v) is 17.7.